The first-order valence-electron chi connectivity index (χ1n) is 8.67. The van der Waals surface area contributed by atoms with Crippen molar-refractivity contribution in [2.24, 2.45) is 11.8 Å². The predicted octanol–water partition coefficient (Wildman–Crippen LogP) is 5.61. The lowest BCUT2D eigenvalue weighted by molar-refractivity contribution is 0.682. The topological polar surface area (TPSA) is 0 Å². The number of benzene rings is 1. The smallest absolute Gasteiger partial charge is 0.0125 e. The standard InChI is InChI=1S/C22H24/c1-16-7-3-2-4-9-18-14-19-12-11-17-8-5-6-10-21(17)22(19)15-20(18)13-16/h3,5-8,10-12,14-17,21H,2,4,9,13H2,1H3. The van der Waals surface area contributed by atoms with Gasteiger partial charge in [0.15, 0.2) is 0 Å². The van der Waals surface area contributed by atoms with Crippen molar-refractivity contribution in [2.75, 3.05) is 0 Å². The van der Waals surface area contributed by atoms with E-state index in [1.807, 2.05) is 0 Å². The van der Waals surface area contributed by atoms with Crippen LogP contribution in [0, 0.1) is 11.8 Å². The maximum atomic E-state index is 2.52. The second-order valence-corrected chi connectivity index (χ2v) is 6.98. The van der Waals surface area contributed by atoms with Gasteiger partial charge in [-0.15, -0.1) is 0 Å². The minimum atomic E-state index is 0.536. The highest BCUT2D eigenvalue weighted by molar-refractivity contribution is 5.63. The molecule has 1 aromatic carbocycles. The van der Waals surface area contributed by atoms with Crippen LogP contribution in [0.2, 0.25) is 0 Å². The van der Waals surface area contributed by atoms with Crippen LogP contribution in [0.25, 0.3) is 6.08 Å². The van der Waals surface area contributed by atoms with Crippen molar-refractivity contribution in [1.82, 2.24) is 0 Å². The third kappa shape index (κ3) is 2.52. The van der Waals surface area contributed by atoms with E-state index in [1.54, 1.807) is 11.1 Å². The predicted molar refractivity (Wildman–Crippen MR) is 94.9 cm³/mol. The highest BCUT2D eigenvalue weighted by atomic mass is 14.3. The molecule has 0 fully saturated rings. The molecule has 112 valence electrons. The van der Waals surface area contributed by atoms with Crippen LogP contribution >= 0.6 is 0 Å². The maximum Gasteiger partial charge on any atom is 0.0125 e. The fraction of sp³-hybridized carbons (Fsp3) is 0.364. The van der Waals surface area contributed by atoms with Crippen molar-refractivity contribution in [3.63, 3.8) is 0 Å². The van der Waals surface area contributed by atoms with E-state index in [4.69, 9.17) is 0 Å². The summed E-state index contributed by atoms with van der Waals surface area (Å²) in [6.45, 7) is 2.34. The molecule has 22 heavy (non-hydrogen) atoms. The fourth-order valence-electron chi connectivity index (χ4n) is 4.07. The summed E-state index contributed by atoms with van der Waals surface area (Å²) in [5.74, 6) is 1.73. The van der Waals surface area contributed by atoms with E-state index in [0.717, 1.165) is 0 Å². The summed E-state index contributed by atoms with van der Waals surface area (Å²) >= 11 is 0. The summed E-state index contributed by atoms with van der Waals surface area (Å²) in [5.41, 5.74) is 6.13. The lowest BCUT2D eigenvalue weighted by Gasteiger charge is -2.29. The Morgan fingerprint density at radius 2 is 1.86 bits per heavy atom. The van der Waals surface area contributed by atoms with Gasteiger partial charge in [-0.25, -0.2) is 0 Å². The molecule has 3 aliphatic rings. The molecule has 3 unspecified atom stereocenters. The van der Waals surface area contributed by atoms with Gasteiger partial charge in [-0.2, -0.15) is 0 Å². The first kappa shape index (κ1) is 13.8. The molecule has 1 aromatic rings. The van der Waals surface area contributed by atoms with Crippen LogP contribution in [0.3, 0.4) is 0 Å². The molecule has 0 bridgehead atoms. The Balaban J connectivity index is 1.78. The second-order valence-electron chi connectivity index (χ2n) is 6.98. The Labute approximate surface area is 133 Å². The maximum absolute atomic E-state index is 2.52. The number of hydrogen-bond donors (Lipinski definition) is 0. The molecule has 0 N–H and O–H groups in total. The zero-order valence-corrected chi connectivity index (χ0v) is 13.3. The van der Waals surface area contributed by atoms with Crippen molar-refractivity contribution in [3.05, 3.63) is 76.9 Å². The largest absolute Gasteiger partial charge is 0.0882 e. The lowest BCUT2D eigenvalue weighted by atomic mass is 9.75. The van der Waals surface area contributed by atoms with Gasteiger partial charge in [-0.1, -0.05) is 67.7 Å². The van der Waals surface area contributed by atoms with Crippen molar-refractivity contribution in [2.45, 2.75) is 38.5 Å². The molecule has 0 spiro atoms. The van der Waals surface area contributed by atoms with Gasteiger partial charge < -0.3 is 0 Å². The molecule has 3 aliphatic carbocycles. The molecule has 0 heteroatoms. The summed E-state index contributed by atoms with van der Waals surface area (Å²) < 4.78 is 0. The molecule has 0 saturated carbocycles. The van der Waals surface area contributed by atoms with E-state index in [2.05, 4.69) is 67.7 Å². The quantitative estimate of drug-likeness (QED) is 0.544. The van der Waals surface area contributed by atoms with Crippen LogP contribution < -0.4 is 0 Å². The number of fused-ring (bicyclic) bond motifs is 4. The van der Waals surface area contributed by atoms with Gasteiger partial charge in [0.1, 0.15) is 0 Å². The highest BCUT2D eigenvalue weighted by Gasteiger charge is 2.25. The second kappa shape index (κ2) is 5.76. The Hall–Kier alpha value is -1.82. The van der Waals surface area contributed by atoms with Crippen LogP contribution in [-0.2, 0) is 12.8 Å². The van der Waals surface area contributed by atoms with Crippen molar-refractivity contribution in [1.29, 1.82) is 0 Å². The molecule has 3 atom stereocenters. The Bertz CT molecular complexity index is 684. The molecule has 0 nitrogen and oxygen atoms in total. The molecule has 4 rings (SSSR count). The lowest BCUT2D eigenvalue weighted by Crippen LogP contribution is -2.15. The molecule has 0 heterocycles. The molecular formula is C22H24. The van der Waals surface area contributed by atoms with Gasteiger partial charge in [0.2, 0.25) is 0 Å². The van der Waals surface area contributed by atoms with Crippen molar-refractivity contribution >= 4 is 6.08 Å². The number of rotatable bonds is 0. The average Bonchev–Trinajstić information content (AvgIpc) is 2.62. The highest BCUT2D eigenvalue weighted by Crippen LogP contribution is 2.39. The molecule has 0 radical (unpaired) electrons. The Kier molecular flexibility index (Phi) is 3.62. The van der Waals surface area contributed by atoms with Gasteiger partial charge in [-0.3, -0.25) is 0 Å². The van der Waals surface area contributed by atoms with Crippen LogP contribution in [-0.4, -0.2) is 0 Å². The summed E-state index contributed by atoms with van der Waals surface area (Å²) in [4.78, 5) is 0. The Morgan fingerprint density at radius 3 is 2.82 bits per heavy atom. The van der Waals surface area contributed by atoms with Gasteiger partial charge >= 0.3 is 0 Å². The van der Waals surface area contributed by atoms with Gasteiger partial charge in [0.05, 0.1) is 0 Å². The van der Waals surface area contributed by atoms with Crippen molar-refractivity contribution in [3.8, 4) is 0 Å². The SMILES string of the molecule is CC1C=CCCCc2cc3c(cc2C1)C1C=CC=CC1C=C3. The Morgan fingerprint density at radius 1 is 0.955 bits per heavy atom. The van der Waals surface area contributed by atoms with Gasteiger partial charge in [-0.05, 0) is 53.9 Å². The molecule has 0 aliphatic heterocycles. The van der Waals surface area contributed by atoms with E-state index < -0.39 is 0 Å². The third-order valence-electron chi connectivity index (χ3n) is 5.26. The molecule has 0 saturated heterocycles. The fourth-order valence-corrected chi connectivity index (χ4v) is 4.07. The van der Waals surface area contributed by atoms with E-state index in [1.165, 1.54) is 36.8 Å². The monoisotopic (exact) mass is 288 g/mol. The minimum absolute atomic E-state index is 0.536. The van der Waals surface area contributed by atoms with Gasteiger partial charge in [0, 0.05) is 11.8 Å². The zero-order chi connectivity index (χ0) is 14.9. The first-order valence-corrected chi connectivity index (χ1v) is 8.67. The van der Waals surface area contributed by atoms with Crippen LogP contribution in [0.1, 0.15) is 47.9 Å². The summed E-state index contributed by atoms with van der Waals surface area (Å²) in [7, 11) is 0. The number of allylic oxidation sites excluding steroid dienone is 7. The van der Waals surface area contributed by atoms with Crippen LogP contribution in [0.4, 0.5) is 0 Å². The normalized spacial score (nSPS) is 29.0. The minimum Gasteiger partial charge on any atom is -0.0882 e. The zero-order valence-electron chi connectivity index (χ0n) is 13.3. The first-order chi connectivity index (χ1) is 10.8. The average molecular weight is 288 g/mol. The number of hydrogen-bond acceptors (Lipinski definition) is 0. The van der Waals surface area contributed by atoms with Crippen LogP contribution in [0.5, 0.6) is 0 Å². The summed E-state index contributed by atoms with van der Waals surface area (Å²) in [6, 6.07) is 4.99. The van der Waals surface area contributed by atoms with Crippen molar-refractivity contribution < 1.29 is 0 Å². The van der Waals surface area contributed by atoms with E-state index >= 15 is 0 Å². The van der Waals surface area contributed by atoms with E-state index in [0.29, 0.717) is 17.8 Å². The van der Waals surface area contributed by atoms with E-state index in [9.17, 15) is 0 Å². The molecular weight excluding hydrogens is 264 g/mol. The van der Waals surface area contributed by atoms with Gasteiger partial charge in [0.25, 0.3) is 0 Å². The molecule has 0 aromatic heterocycles. The third-order valence-corrected chi connectivity index (χ3v) is 5.26. The molecule has 0 amide bonds. The van der Waals surface area contributed by atoms with E-state index in [-0.39, 0.29) is 0 Å². The summed E-state index contributed by atoms with van der Waals surface area (Å²) in [5, 5.41) is 0. The van der Waals surface area contributed by atoms with Crippen LogP contribution in [0.15, 0.2) is 54.7 Å². The summed E-state index contributed by atoms with van der Waals surface area (Å²) in [6.07, 6.45) is 23.5. The number of aryl methyl sites for hydroxylation is 1.